The number of hydrogen-bond donors (Lipinski definition) is 2. The second kappa shape index (κ2) is 9.06. The fraction of sp³-hybridized carbons (Fsp3) is 0.400. The molecule has 130 valence electrons. The lowest BCUT2D eigenvalue weighted by atomic mass is 10.2. The number of nitrogens with one attached hydrogen (secondary N) is 2. The van der Waals surface area contributed by atoms with Crippen LogP contribution < -0.4 is 20.3 Å². The number of ether oxygens (including phenoxy) is 2. The monoisotopic (exact) mass is 328 g/mol. The van der Waals surface area contributed by atoms with Gasteiger partial charge in [0.2, 0.25) is 0 Å². The first-order chi connectivity index (χ1) is 11.6. The van der Waals surface area contributed by atoms with Crippen molar-refractivity contribution in [1.29, 1.82) is 0 Å². The summed E-state index contributed by atoms with van der Waals surface area (Å²) in [5, 5.41) is 0. The molecular formula is C20H28N2O2. The second-order valence-electron chi connectivity index (χ2n) is 5.95. The zero-order valence-corrected chi connectivity index (χ0v) is 15.1. The van der Waals surface area contributed by atoms with Crippen LogP contribution in [-0.4, -0.2) is 13.2 Å². The van der Waals surface area contributed by atoms with E-state index in [-0.39, 0.29) is 0 Å². The number of aryl methyl sites for hydroxylation is 2. The van der Waals surface area contributed by atoms with E-state index < -0.39 is 0 Å². The quantitative estimate of drug-likeness (QED) is 0.611. The van der Waals surface area contributed by atoms with E-state index in [2.05, 4.69) is 62.8 Å². The number of rotatable bonds is 9. The number of benzene rings is 2. The Morgan fingerprint density at radius 1 is 0.708 bits per heavy atom. The Bertz CT molecular complexity index is 599. The molecule has 0 atom stereocenters. The van der Waals surface area contributed by atoms with Crippen molar-refractivity contribution < 1.29 is 9.47 Å². The third kappa shape index (κ3) is 5.08. The van der Waals surface area contributed by atoms with Crippen LogP contribution in [0.4, 0.5) is 11.4 Å². The van der Waals surface area contributed by atoms with Gasteiger partial charge in [0.15, 0.2) is 0 Å². The van der Waals surface area contributed by atoms with Gasteiger partial charge in [-0.2, -0.15) is 0 Å². The zero-order chi connectivity index (χ0) is 17.4. The fourth-order valence-electron chi connectivity index (χ4n) is 2.29. The summed E-state index contributed by atoms with van der Waals surface area (Å²) in [5.41, 5.74) is 10.7. The average molecular weight is 328 g/mol. The van der Waals surface area contributed by atoms with Gasteiger partial charge in [0, 0.05) is 0 Å². The third-order valence-corrected chi connectivity index (χ3v) is 3.53. The van der Waals surface area contributed by atoms with Gasteiger partial charge in [-0.3, -0.25) is 10.9 Å². The van der Waals surface area contributed by atoms with Gasteiger partial charge < -0.3 is 9.47 Å². The molecule has 2 aromatic carbocycles. The molecule has 0 unspecified atom stereocenters. The molecule has 0 aliphatic heterocycles. The standard InChI is InChI=1S/C20H28N2O2/c1-5-11-23-19-9-7-15(3)13-17(19)21-22-18-14-16(4)8-10-20(18)24-12-6-2/h7-10,13-14,21-22H,5-6,11-12H2,1-4H3. The van der Waals surface area contributed by atoms with Gasteiger partial charge in [0.1, 0.15) is 11.5 Å². The highest BCUT2D eigenvalue weighted by Crippen LogP contribution is 2.29. The van der Waals surface area contributed by atoms with Gasteiger partial charge in [0.05, 0.1) is 24.6 Å². The molecule has 0 saturated heterocycles. The van der Waals surface area contributed by atoms with Crippen LogP contribution in [0.2, 0.25) is 0 Å². The molecule has 0 heterocycles. The van der Waals surface area contributed by atoms with E-state index in [1.807, 2.05) is 12.1 Å². The Labute approximate surface area is 145 Å². The number of hydrogen-bond acceptors (Lipinski definition) is 4. The molecule has 0 aliphatic carbocycles. The summed E-state index contributed by atoms with van der Waals surface area (Å²) >= 11 is 0. The van der Waals surface area contributed by atoms with Gasteiger partial charge in [-0.05, 0) is 62.1 Å². The third-order valence-electron chi connectivity index (χ3n) is 3.53. The lowest BCUT2D eigenvalue weighted by molar-refractivity contribution is 0.318. The maximum atomic E-state index is 5.81. The number of anilines is 2. The Kier molecular flexibility index (Phi) is 6.79. The van der Waals surface area contributed by atoms with Crippen LogP contribution in [0.15, 0.2) is 36.4 Å². The maximum Gasteiger partial charge on any atom is 0.144 e. The molecule has 24 heavy (non-hydrogen) atoms. The Morgan fingerprint density at radius 3 is 1.50 bits per heavy atom. The molecule has 0 spiro atoms. The Balaban J connectivity index is 2.15. The molecule has 0 bridgehead atoms. The molecule has 0 aliphatic rings. The minimum Gasteiger partial charge on any atom is -0.491 e. The maximum absolute atomic E-state index is 5.81. The normalized spacial score (nSPS) is 10.3. The lowest BCUT2D eigenvalue weighted by Crippen LogP contribution is -2.12. The molecule has 2 aromatic rings. The summed E-state index contributed by atoms with van der Waals surface area (Å²) in [4.78, 5) is 0. The minimum absolute atomic E-state index is 0.701. The van der Waals surface area contributed by atoms with Crippen molar-refractivity contribution in [2.75, 3.05) is 24.1 Å². The molecule has 0 aromatic heterocycles. The van der Waals surface area contributed by atoms with Crippen molar-refractivity contribution in [2.24, 2.45) is 0 Å². The summed E-state index contributed by atoms with van der Waals surface area (Å²) in [6.45, 7) is 9.74. The minimum atomic E-state index is 0.701. The van der Waals surface area contributed by atoms with E-state index in [0.717, 1.165) is 35.7 Å². The fourth-order valence-corrected chi connectivity index (χ4v) is 2.29. The highest BCUT2D eigenvalue weighted by atomic mass is 16.5. The molecule has 0 radical (unpaired) electrons. The second-order valence-corrected chi connectivity index (χ2v) is 5.95. The summed E-state index contributed by atoms with van der Waals surface area (Å²) in [5.74, 6) is 1.69. The number of hydrazine groups is 1. The van der Waals surface area contributed by atoms with Gasteiger partial charge in [-0.15, -0.1) is 0 Å². The van der Waals surface area contributed by atoms with E-state index in [0.29, 0.717) is 13.2 Å². The first-order valence-corrected chi connectivity index (χ1v) is 8.63. The van der Waals surface area contributed by atoms with Crippen LogP contribution in [0.25, 0.3) is 0 Å². The van der Waals surface area contributed by atoms with Crippen LogP contribution in [0, 0.1) is 13.8 Å². The smallest absolute Gasteiger partial charge is 0.144 e. The van der Waals surface area contributed by atoms with Gasteiger partial charge in [-0.25, -0.2) is 0 Å². The van der Waals surface area contributed by atoms with Crippen molar-refractivity contribution in [1.82, 2.24) is 0 Å². The Hall–Kier alpha value is -2.36. The SMILES string of the molecule is CCCOc1ccc(C)cc1NNc1cc(C)ccc1OCCC. The van der Waals surface area contributed by atoms with Crippen molar-refractivity contribution >= 4 is 11.4 Å². The first kappa shape index (κ1) is 18.0. The molecule has 0 amide bonds. The molecular weight excluding hydrogens is 300 g/mol. The van der Waals surface area contributed by atoms with Gasteiger partial charge in [0.25, 0.3) is 0 Å². The topological polar surface area (TPSA) is 42.5 Å². The predicted molar refractivity (Wildman–Crippen MR) is 101 cm³/mol. The highest BCUT2D eigenvalue weighted by molar-refractivity contribution is 5.65. The average Bonchev–Trinajstić information content (AvgIpc) is 2.58. The molecule has 4 heteroatoms. The first-order valence-electron chi connectivity index (χ1n) is 8.63. The molecule has 2 N–H and O–H groups in total. The molecule has 0 fully saturated rings. The van der Waals surface area contributed by atoms with Crippen LogP contribution in [0.1, 0.15) is 37.8 Å². The summed E-state index contributed by atoms with van der Waals surface area (Å²) in [6.07, 6.45) is 1.96. The van der Waals surface area contributed by atoms with Crippen LogP contribution in [-0.2, 0) is 0 Å². The molecule has 2 rings (SSSR count). The van der Waals surface area contributed by atoms with Crippen molar-refractivity contribution in [2.45, 2.75) is 40.5 Å². The van der Waals surface area contributed by atoms with Crippen LogP contribution in [0.5, 0.6) is 11.5 Å². The molecule has 4 nitrogen and oxygen atoms in total. The summed E-state index contributed by atoms with van der Waals surface area (Å²) in [6, 6.07) is 12.2. The molecule has 0 saturated carbocycles. The lowest BCUT2D eigenvalue weighted by Gasteiger charge is -2.18. The van der Waals surface area contributed by atoms with E-state index in [1.54, 1.807) is 0 Å². The van der Waals surface area contributed by atoms with E-state index in [4.69, 9.17) is 9.47 Å². The van der Waals surface area contributed by atoms with E-state index >= 15 is 0 Å². The predicted octanol–water partition coefficient (Wildman–Crippen LogP) is 5.32. The van der Waals surface area contributed by atoms with Crippen molar-refractivity contribution in [3.05, 3.63) is 47.5 Å². The van der Waals surface area contributed by atoms with Crippen LogP contribution in [0.3, 0.4) is 0 Å². The van der Waals surface area contributed by atoms with E-state index in [1.165, 1.54) is 11.1 Å². The zero-order valence-electron chi connectivity index (χ0n) is 15.1. The highest BCUT2D eigenvalue weighted by Gasteiger charge is 2.07. The largest absolute Gasteiger partial charge is 0.491 e. The van der Waals surface area contributed by atoms with E-state index in [9.17, 15) is 0 Å². The van der Waals surface area contributed by atoms with Crippen molar-refractivity contribution in [3.63, 3.8) is 0 Å². The summed E-state index contributed by atoms with van der Waals surface area (Å²) < 4.78 is 11.6. The summed E-state index contributed by atoms with van der Waals surface area (Å²) in [7, 11) is 0. The van der Waals surface area contributed by atoms with Gasteiger partial charge in [-0.1, -0.05) is 26.0 Å². The van der Waals surface area contributed by atoms with Gasteiger partial charge >= 0.3 is 0 Å². The Morgan fingerprint density at radius 2 is 1.12 bits per heavy atom. The van der Waals surface area contributed by atoms with Crippen molar-refractivity contribution in [3.8, 4) is 11.5 Å². The van der Waals surface area contributed by atoms with Crippen LogP contribution >= 0.6 is 0 Å².